The van der Waals surface area contributed by atoms with Crippen molar-refractivity contribution in [2.75, 3.05) is 0 Å². The van der Waals surface area contributed by atoms with Crippen molar-refractivity contribution < 1.29 is 29.3 Å². The molecule has 2 saturated carbocycles. The molecule has 0 heterocycles. The van der Waals surface area contributed by atoms with E-state index in [-0.39, 0.29) is 39.9 Å². The van der Waals surface area contributed by atoms with Crippen molar-refractivity contribution in [3.63, 3.8) is 0 Å². The van der Waals surface area contributed by atoms with E-state index in [1.54, 1.807) is 31.2 Å². The summed E-state index contributed by atoms with van der Waals surface area (Å²) in [6.45, 7) is 13.9. The smallest absolute Gasteiger partial charge is 0.303 e. The van der Waals surface area contributed by atoms with E-state index in [2.05, 4.69) is 40.7 Å². The fourth-order valence-corrected chi connectivity index (χ4v) is 9.99. The van der Waals surface area contributed by atoms with Gasteiger partial charge in [0, 0.05) is 18.8 Å². The molecule has 6 rings (SSSR count). The minimum atomic E-state index is -0.990. The molecule has 6 atom stereocenters. The zero-order valence-electron chi connectivity index (χ0n) is 29.7. The Labute approximate surface area is 286 Å². The van der Waals surface area contributed by atoms with Gasteiger partial charge in [-0.2, -0.15) is 0 Å². The topological polar surface area (TPSA) is 101 Å². The maximum atomic E-state index is 12.8. The van der Waals surface area contributed by atoms with Crippen molar-refractivity contribution in [1.29, 1.82) is 0 Å². The molecular weight excluding hydrogens is 600 g/mol. The summed E-state index contributed by atoms with van der Waals surface area (Å²) in [6.07, 6.45) is 11.0. The molecule has 48 heavy (non-hydrogen) atoms. The second-order valence-electron chi connectivity index (χ2n) is 14.8. The number of ether oxygens (including phenoxy) is 1. The summed E-state index contributed by atoms with van der Waals surface area (Å²) in [5.74, 6) is 1.60. The van der Waals surface area contributed by atoms with Gasteiger partial charge in [-0.3, -0.25) is 14.4 Å². The number of hydrogen-bond acceptors (Lipinski definition) is 6. The number of phenolic OH excluding ortho intramolecular Hbond substituents is 2. The molecule has 256 valence electrons. The molecule has 0 saturated heterocycles. The molecule has 2 fully saturated rings. The van der Waals surface area contributed by atoms with Gasteiger partial charge in [0.25, 0.3) is 0 Å². The zero-order chi connectivity index (χ0) is 35.0. The zero-order valence-corrected chi connectivity index (χ0v) is 29.7. The molecule has 0 radical (unpaired) electrons. The fourth-order valence-electron chi connectivity index (χ4n) is 9.99. The van der Waals surface area contributed by atoms with Crippen LogP contribution in [0.3, 0.4) is 0 Å². The van der Waals surface area contributed by atoms with Gasteiger partial charge in [-0.15, -0.1) is 0 Å². The SMILES string of the molecule is CC(=O)O[C@]1(C(C)=O)CC[C@H]2[C@@H]3C=C(C)C4=CC(=O)CC[C@]4(C)[C@H]3CC[C@@]21C.CC/C(=C(/CC)c1ccc(O)cc1)c1ccc(O)cc1. The maximum Gasteiger partial charge on any atom is 0.303 e. The first-order valence-corrected chi connectivity index (χ1v) is 17.7. The molecule has 0 amide bonds. The van der Waals surface area contributed by atoms with Crippen LogP contribution in [-0.2, 0) is 19.1 Å². The van der Waals surface area contributed by atoms with Crippen molar-refractivity contribution in [3.8, 4) is 11.5 Å². The van der Waals surface area contributed by atoms with E-state index in [0.29, 0.717) is 30.6 Å². The number of Topliss-reactive ketones (excluding diaryl/α,β-unsaturated/α-hetero) is 1. The Kier molecular flexibility index (Phi) is 9.97. The molecule has 0 spiro atoms. The third kappa shape index (κ3) is 6.08. The normalized spacial score (nSPS) is 31.1. The van der Waals surface area contributed by atoms with Gasteiger partial charge in [-0.25, -0.2) is 0 Å². The summed E-state index contributed by atoms with van der Waals surface area (Å²) >= 11 is 0. The Bertz CT molecular complexity index is 1600. The van der Waals surface area contributed by atoms with Crippen LogP contribution in [-0.4, -0.2) is 33.3 Å². The summed E-state index contributed by atoms with van der Waals surface area (Å²) in [4.78, 5) is 36.8. The Morgan fingerprint density at radius 1 is 0.812 bits per heavy atom. The van der Waals surface area contributed by atoms with Crippen molar-refractivity contribution in [1.82, 2.24) is 0 Å². The molecule has 6 nitrogen and oxygen atoms in total. The number of phenols is 2. The van der Waals surface area contributed by atoms with Crippen LogP contribution in [0.2, 0.25) is 0 Å². The number of carbonyl (C=O) groups excluding carboxylic acids is 3. The Balaban J connectivity index is 0.000000199. The van der Waals surface area contributed by atoms with Gasteiger partial charge in [-0.05, 0) is 140 Å². The van der Waals surface area contributed by atoms with Crippen LogP contribution < -0.4 is 0 Å². The number of esters is 1. The van der Waals surface area contributed by atoms with E-state index in [4.69, 9.17) is 4.74 Å². The van der Waals surface area contributed by atoms with Crippen LogP contribution in [0.4, 0.5) is 0 Å². The van der Waals surface area contributed by atoms with Crippen molar-refractivity contribution in [3.05, 3.63) is 83.0 Å². The predicted molar refractivity (Wildman–Crippen MR) is 190 cm³/mol. The molecule has 0 aromatic heterocycles. The molecule has 4 aliphatic carbocycles. The number of allylic oxidation sites excluding steroid dienone is 6. The third-order valence-electron chi connectivity index (χ3n) is 12.3. The lowest BCUT2D eigenvalue weighted by molar-refractivity contribution is -0.185. The van der Waals surface area contributed by atoms with Gasteiger partial charge in [0.15, 0.2) is 17.2 Å². The number of rotatable bonds is 6. The van der Waals surface area contributed by atoms with Gasteiger partial charge >= 0.3 is 5.97 Å². The lowest BCUT2D eigenvalue weighted by Crippen LogP contribution is -2.58. The lowest BCUT2D eigenvalue weighted by atomic mass is 9.47. The first-order chi connectivity index (χ1) is 22.7. The van der Waals surface area contributed by atoms with Gasteiger partial charge in [0.2, 0.25) is 0 Å². The number of aromatic hydroxyl groups is 2. The Morgan fingerprint density at radius 2 is 1.33 bits per heavy atom. The van der Waals surface area contributed by atoms with Crippen molar-refractivity contribution >= 4 is 28.7 Å². The molecule has 0 aliphatic heterocycles. The summed E-state index contributed by atoms with van der Waals surface area (Å²) < 4.78 is 5.82. The minimum Gasteiger partial charge on any atom is -0.508 e. The summed E-state index contributed by atoms with van der Waals surface area (Å²) in [5.41, 5.74) is 5.97. The summed E-state index contributed by atoms with van der Waals surface area (Å²) in [6, 6.07) is 14.7. The van der Waals surface area contributed by atoms with Crippen molar-refractivity contribution in [2.24, 2.45) is 28.6 Å². The van der Waals surface area contributed by atoms with E-state index in [0.717, 1.165) is 49.7 Å². The molecular formula is C42H52O6. The average molecular weight is 653 g/mol. The number of ketones is 2. The summed E-state index contributed by atoms with van der Waals surface area (Å²) in [5, 5.41) is 18.8. The van der Waals surface area contributed by atoms with Crippen LogP contribution in [0.1, 0.15) is 111 Å². The maximum absolute atomic E-state index is 12.8. The van der Waals surface area contributed by atoms with Crippen molar-refractivity contribution in [2.45, 2.75) is 105 Å². The number of benzene rings is 2. The minimum absolute atomic E-state index is 0.0160. The van der Waals surface area contributed by atoms with E-state index < -0.39 is 5.60 Å². The number of fused-ring (bicyclic) bond motifs is 5. The highest BCUT2D eigenvalue weighted by atomic mass is 16.6. The van der Waals surface area contributed by atoms with Crippen LogP contribution in [0.25, 0.3) is 11.1 Å². The molecule has 2 aromatic carbocycles. The highest BCUT2D eigenvalue weighted by molar-refractivity contribution is 5.93. The van der Waals surface area contributed by atoms with Crippen LogP contribution >= 0.6 is 0 Å². The van der Waals surface area contributed by atoms with Crippen LogP contribution in [0.5, 0.6) is 11.5 Å². The van der Waals surface area contributed by atoms with Crippen LogP contribution in [0, 0.1) is 28.6 Å². The molecule has 6 heteroatoms. The standard InChI is InChI=1S/C24H32O4.C18H20O2/c1-14-12-18-19(22(4)9-6-17(27)13-21(14)22)7-10-23(5)20(18)8-11-24(23,15(2)25)28-16(3)26;1-3-17(13-5-9-15(19)10-6-13)18(4-2)14-7-11-16(20)12-8-14/h12-13,18-20H,6-11H2,1-5H3;5-12,19-20H,3-4H2,1-2H3/b;18-17+/t18-,19+,20+,22-,23+,24+;/m1./s1. The molecule has 4 aliphatic rings. The Morgan fingerprint density at radius 3 is 1.81 bits per heavy atom. The monoisotopic (exact) mass is 652 g/mol. The first-order valence-electron chi connectivity index (χ1n) is 17.7. The second-order valence-corrected chi connectivity index (χ2v) is 14.8. The highest BCUT2D eigenvalue weighted by Gasteiger charge is 2.67. The van der Waals surface area contributed by atoms with Gasteiger partial charge in [0.05, 0.1) is 0 Å². The molecule has 0 bridgehead atoms. The summed E-state index contributed by atoms with van der Waals surface area (Å²) in [7, 11) is 0. The molecule has 0 unspecified atom stereocenters. The molecule has 2 aromatic rings. The van der Waals surface area contributed by atoms with Gasteiger partial charge < -0.3 is 14.9 Å². The fraction of sp³-hybridized carbons (Fsp3) is 0.500. The molecule has 2 N–H and O–H groups in total. The lowest BCUT2D eigenvalue weighted by Gasteiger charge is -2.58. The van der Waals surface area contributed by atoms with Gasteiger partial charge in [-0.1, -0.05) is 63.6 Å². The van der Waals surface area contributed by atoms with E-state index in [1.165, 1.54) is 29.2 Å². The van der Waals surface area contributed by atoms with E-state index in [1.807, 2.05) is 30.3 Å². The number of hydrogen-bond donors (Lipinski definition) is 2. The quantitative estimate of drug-likeness (QED) is 0.238. The first kappa shape index (κ1) is 35.4. The van der Waals surface area contributed by atoms with E-state index >= 15 is 0 Å². The van der Waals surface area contributed by atoms with Gasteiger partial charge in [0.1, 0.15) is 11.5 Å². The Hall–Kier alpha value is -3.93. The van der Waals surface area contributed by atoms with Crippen LogP contribution in [0.15, 0.2) is 71.8 Å². The van der Waals surface area contributed by atoms with E-state index in [9.17, 15) is 24.6 Å². The third-order valence-corrected chi connectivity index (χ3v) is 12.3. The highest BCUT2D eigenvalue weighted by Crippen LogP contribution is 2.67. The second kappa shape index (κ2) is 13.5. The average Bonchev–Trinajstić information content (AvgIpc) is 3.35. The largest absolute Gasteiger partial charge is 0.508 e. The number of carbonyl (C=O) groups is 3. The predicted octanol–water partition coefficient (Wildman–Crippen LogP) is 9.40.